The number of methoxy groups -OCH3 is 1. The van der Waals surface area contributed by atoms with Gasteiger partial charge in [0.2, 0.25) is 0 Å². The van der Waals surface area contributed by atoms with Crippen LogP contribution in [0.5, 0.6) is 0 Å². The Labute approximate surface area is 183 Å². The molecule has 0 radical (unpaired) electrons. The zero-order valence-corrected chi connectivity index (χ0v) is 20.7. The third-order valence-electron chi connectivity index (χ3n) is 7.38. The molecule has 0 aliphatic carbocycles. The number of rotatable bonds is 2. The predicted octanol–water partition coefficient (Wildman–Crippen LogP) is 3.87. The molecule has 2 N–H and O–H groups in total. The number of esters is 1. The van der Waals surface area contributed by atoms with Gasteiger partial charge in [0.05, 0.1) is 23.7 Å². The van der Waals surface area contributed by atoms with Gasteiger partial charge in [0.15, 0.2) is 0 Å². The van der Waals surface area contributed by atoms with Gasteiger partial charge in [-0.1, -0.05) is 41.5 Å². The molecule has 0 saturated carbocycles. The van der Waals surface area contributed by atoms with E-state index in [1.165, 1.54) is 0 Å². The average Bonchev–Trinajstić information content (AvgIpc) is 2.69. The molecule has 0 amide bonds. The van der Waals surface area contributed by atoms with Crippen molar-refractivity contribution in [2.75, 3.05) is 14.2 Å². The first kappa shape index (κ1) is 27.1. The molecule has 30 heavy (non-hydrogen) atoms. The topological polar surface area (TPSA) is 88.4 Å². The molecule has 2 unspecified atom stereocenters. The van der Waals surface area contributed by atoms with Crippen LogP contribution >= 0.6 is 0 Å². The molecule has 1 saturated heterocycles. The number of carbonyl (C=O) groups is 1. The number of ether oxygens (including phenoxy) is 2. The quantitative estimate of drug-likeness (QED) is 0.653. The molecule has 1 aliphatic heterocycles. The molecule has 8 atom stereocenters. The zero-order valence-electron chi connectivity index (χ0n) is 20.7. The summed E-state index contributed by atoms with van der Waals surface area (Å²) in [6, 6.07) is 0. The van der Waals surface area contributed by atoms with Crippen LogP contribution in [0.4, 0.5) is 0 Å². The van der Waals surface area contributed by atoms with Crippen molar-refractivity contribution in [3.05, 3.63) is 0 Å². The normalized spacial score (nSPS) is 43.1. The summed E-state index contributed by atoms with van der Waals surface area (Å²) in [5, 5.41) is 22.2. The molecule has 1 rings (SSSR count). The van der Waals surface area contributed by atoms with Gasteiger partial charge in [0.25, 0.3) is 0 Å². The number of hydrogen-bond acceptors (Lipinski definition) is 6. The van der Waals surface area contributed by atoms with Crippen molar-refractivity contribution in [2.45, 2.75) is 98.6 Å². The third-order valence-corrected chi connectivity index (χ3v) is 7.38. The Bertz CT molecular complexity index is 604. The fraction of sp³-hybridized carbons (Fsp3) is 0.917. The lowest BCUT2D eigenvalue weighted by atomic mass is 9.70. The van der Waals surface area contributed by atoms with Crippen LogP contribution in [0.2, 0.25) is 0 Å². The van der Waals surface area contributed by atoms with Gasteiger partial charge in [-0.25, -0.2) is 0 Å². The Hall–Kier alpha value is -0.980. The summed E-state index contributed by atoms with van der Waals surface area (Å²) in [7, 11) is 3.45. The molecule has 0 spiro atoms. The van der Waals surface area contributed by atoms with E-state index in [0.717, 1.165) is 5.71 Å². The molecule has 0 aromatic rings. The van der Waals surface area contributed by atoms with Gasteiger partial charge in [0.1, 0.15) is 6.10 Å². The second kappa shape index (κ2) is 10.6. The summed E-state index contributed by atoms with van der Waals surface area (Å²) in [5.41, 5.74) is -0.237. The highest BCUT2D eigenvalue weighted by molar-refractivity contribution is 5.89. The lowest BCUT2D eigenvalue weighted by molar-refractivity contribution is -0.172. The number of aliphatic hydroxyl groups is 2. The molecule has 1 fully saturated rings. The van der Waals surface area contributed by atoms with E-state index in [1.54, 1.807) is 21.1 Å². The highest BCUT2D eigenvalue weighted by Gasteiger charge is 2.45. The molecule has 0 aromatic heterocycles. The Morgan fingerprint density at radius 1 is 1.10 bits per heavy atom. The maximum absolute atomic E-state index is 12.9. The van der Waals surface area contributed by atoms with Crippen LogP contribution in [0.1, 0.15) is 74.7 Å². The Kier molecular flexibility index (Phi) is 9.52. The molecule has 1 heterocycles. The largest absolute Gasteiger partial charge is 0.461 e. The fourth-order valence-electron chi connectivity index (χ4n) is 5.31. The first-order valence-corrected chi connectivity index (χ1v) is 11.3. The van der Waals surface area contributed by atoms with Gasteiger partial charge < -0.3 is 19.7 Å². The summed E-state index contributed by atoms with van der Waals surface area (Å²) in [4.78, 5) is 17.4. The van der Waals surface area contributed by atoms with E-state index in [4.69, 9.17) is 9.47 Å². The van der Waals surface area contributed by atoms with Crippen LogP contribution < -0.4 is 0 Å². The Morgan fingerprint density at radius 2 is 1.67 bits per heavy atom. The predicted molar refractivity (Wildman–Crippen MR) is 121 cm³/mol. The van der Waals surface area contributed by atoms with Crippen LogP contribution in [0.25, 0.3) is 0 Å². The number of hydrogen-bond donors (Lipinski definition) is 2. The van der Waals surface area contributed by atoms with Crippen molar-refractivity contribution in [2.24, 2.45) is 34.1 Å². The first-order chi connectivity index (χ1) is 13.8. The minimum absolute atomic E-state index is 0.0905. The monoisotopic (exact) mass is 427 g/mol. The van der Waals surface area contributed by atoms with E-state index in [2.05, 4.69) is 11.9 Å². The summed E-state index contributed by atoms with van der Waals surface area (Å²) in [5.74, 6) is -1.34. The van der Waals surface area contributed by atoms with Crippen molar-refractivity contribution < 1.29 is 24.5 Å². The molecule has 6 nitrogen and oxygen atoms in total. The molecule has 0 bridgehead atoms. The van der Waals surface area contributed by atoms with E-state index in [0.29, 0.717) is 19.3 Å². The highest BCUT2D eigenvalue weighted by atomic mass is 16.5. The standard InChI is InChI=1S/C24H45NO5/c1-11-18-23(6,7)21(27)16(4)19(25-9)14(2)12-24(8,29-10)13-15(3)20(26)17(5)22(28)30-18/h14-18,20-21,26-27H,11-13H2,1-10H3/t14-,15-,16?,17-,18-,20+,21?,24-/m1/s1. The van der Waals surface area contributed by atoms with Gasteiger partial charge in [-0.3, -0.25) is 9.79 Å². The highest BCUT2D eigenvalue weighted by Crippen LogP contribution is 2.38. The number of carbonyl (C=O) groups excluding carboxylic acids is 1. The van der Waals surface area contributed by atoms with Crippen LogP contribution in [0, 0.1) is 29.1 Å². The molecule has 176 valence electrons. The van der Waals surface area contributed by atoms with Crippen molar-refractivity contribution in [3.63, 3.8) is 0 Å². The van der Waals surface area contributed by atoms with Gasteiger partial charge in [-0.15, -0.1) is 0 Å². The summed E-state index contributed by atoms with van der Waals surface area (Å²) in [6.07, 6.45) is -0.157. The van der Waals surface area contributed by atoms with Crippen molar-refractivity contribution in [1.82, 2.24) is 0 Å². The van der Waals surface area contributed by atoms with E-state index in [-0.39, 0.29) is 17.8 Å². The van der Waals surface area contributed by atoms with Crippen LogP contribution in [-0.4, -0.2) is 60.0 Å². The van der Waals surface area contributed by atoms with Gasteiger partial charge in [-0.05, 0) is 44.9 Å². The first-order valence-electron chi connectivity index (χ1n) is 11.3. The molecule has 1 aliphatic rings. The number of nitrogens with zero attached hydrogens (tertiary/aromatic N) is 1. The Balaban J connectivity index is 3.46. The number of aliphatic hydroxyl groups excluding tert-OH is 2. The van der Waals surface area contributed by atoms with Crippen molar-refractivity contribution >= 4 is 11.7 Å². The second-order valence-corrected chi connectivity index (χ2v) is 10.3. The van der Waals surface area contributed by atoms with E-state index in [1.807, 2.05) is 41.5 Å². The maximum atomic E-state index is 12.9. The minimum Gasteiger partial charge on any atom is -0.461 e. The smallest absolute Gasteiger partial charge is 0.311 e. The van der Waals surface area contributed by atoms with Crippen LogP contribution in [-0.2, 0) is 14.3 Å². The summed E-state index contributed by atoms with van der Waals surface area (Å²) < 4.78 is 11.7. The number of cyclic esters (lactones) is 1. The fourth-order valence-corrected chi connectivity index (χ4v) is 5.31. The lowest BCUT2D eigenvalue weighted by Gasteiger charge is -2.43. The van der Waals surface area contributed by atoms with Gasteiger partial charge >= 0.3 is 5.97 Å². The zero-order chi connectivity index (χ0) is 23.4. The molecule has 0 aromatic carbocycles. The van der Waals surface area contributed by atoms with E-state index in [9.17, 15) is 15.0 Å². The second-order valence-electron chi connectivity index (χ2n) is 10.3. The number of aliphatic imine (C=N–C) groups is 1. The van der Waals surface area contributed by atoms with Crippen molar-refractivity contribution in [3.8, 4) is 0 Å². The molecular formula is C24H45NO5. The van der Waals surface area contributed by atoms with Crippen LogP contribution in [0.15, 0.2) is 4.99 Å². The Morgan fingerprint density at radius 3 is 2.13 bits per heavy atom. The van der Waals surface area contributed by atoms with Crippen LogP contribution in [0.3, 0.4) is 0 Å². The van der Waals surface area contributed by atoms with Gasteiger partial charge in [0, 0.05) is 31.2 Å². The third kappa shape index (κ3) is 5.83. The molecular weight excluding hydrogens is 382 g/mol. The maximum Gasteiger partial charge on any atom is 0.311 e. The average molecular weight is 428 g/mol. The van der Waals surface area contributed by atoms with Crippen molar-refractivity contribution in [1.29, 1.82) is 0 Å². The van der Waals surface area contributed by atoms with E-state index < -0.39 is 41.2 Å². The van der Waals surface area contributed by atoms with E-state index >= 15 is 0 Å². The van der Waals surface area contributed by atoms with Gasteiger partial charge in [-0.2, -0.15) is 0 Å². The molecule has 6 heteroatoms. The lowest BCUT2D eigenvalue weighted by Crippen LogP contribution is -2.50. The minimum atomic E-state index is -0.839. The SMILES string of the molecule is CC[C@H]1OC(=O)[C@H](C)[C@@H](O)[C@H](C)C[C@](C)(OC)C[C@@H](C)C(=NC)C(C)C(O)C1(C)C. The summed E-state index contributed by atoms with van der Waals surface area (Å²) in [6.45, 7) is 15.6. The summed E-state index contributed by atoms with van der Waals surface area (Å²) >= 11 is 0.